The molecule has 12 heteroatoms. The molecule has 1 heterocycles. The van der Waals surface area contributed by atoms with Crippen LogP contribution in [0.3, 0.4) is 0 Å². The Morgan fingerprint density at radius 1 is 0.750 bits per heavy atom. The number of aliphatic hydroxyl groups is 4. The fourth-order valence-corrected chi connectivity index (χ4v) is 4.52. The van der Waals surface area contributed by atoms with Gasteiger partial charge < -0.3 is 44.5 Å². The largest absolute Gasteiger partial charge is 0.478 e. The lowest BCUT2D eigenvalue weighted by Gasteiger charge is -2.45. The van der Waals surface area contributed by atoms with Crippen LogP contribution in [0.4, 0.5) is 0 Å². The highest BCUT2D eigenvalue weighted by atomic mass is 16.7. The molecule has 5 N–H and O–H groups in total. The molecule has 0 spiro atoms. The van der Waals surface area contributed by atoms with E-state index >= 15 is 0 Å². The van der Waals surface area contributed by atoms with Crippen LogP contribution in [0.5, 0.6) is 0 Å². The molecule has 1 aliphatic rings. The summed E-state index contributed by atoms with van der Waals surface area (Å²) >= 11 is 0. The van der Waals surface area contributed by atoms with Gasteiger partial charge in [0.15, 0.2) is 18.5 Å². The summed E-state index contributed by atoms with van der Waals surface area (Å²) in [5.74, 6) is -2.75. The third kappa shape index (κ3) is 13.6. The predicted octanol–water partition coefficient (Wildman–Crippen LogP) is 3.99. The average molecular weight is 679 g/mol. The van der Waals surface area contributed by atoms with Crippen molar-refractivity contribution in [3.8, 4) is 0 Å². The molecule has 12 nitrogen and oxygen atoms in total. The molecule has 0 aromatic heterocycles. The van der Waals surface area contributed by atoms with Crippen molar-refractivity contribution in [1.82, 2.24) is 0 Å². The maximum Gasteiger partial charge on any atom is 0.333 e. The summed E-state index contributed by atoms with van der Waals surface area (Å²) in [4.78, 5) is 37.6. The first-order valence-corrected chi connectivity index (χ1v) is 15.9. The van der Waals surface area contributed by atoms with Gasteiger partial charge in [-0.1, -0.05) is 36.5 Å². The molecule has 48 heavy (non-hydrogen) atoms. The Morgan fingerprint density at radius 2 is 1.19 bits per heavy atom. The molecule has 8 atom stereocenters. The second kappa shape index (κ2) is 19.0. The van der Waals surface area contributed by atoms with Crippen LogP contribution < -0.4 is 0 Å². The molecule has 1 fully saturated rings. The van der Waals surface area contributed by atoms with Crippen molar-refractivity contribution in [1.29, 1.82) is 0 Å². The summed E-state index contributed by atoms with van der Waals surface area (Å²) < 4.78 is 23.3. The van der Waals surface area contributed by atoms with E-state index in [-0.39, 0.29) is 42.4 Å². The molecule has 1 rings (SSSR count). The van der Waals surface area contributed by atoms with Crippen molar-refractivity contribution < 1.29 is 58.9 Å². The number of hydrogen-bond donors (Lipinski definition) is 5. The minimum Gasteiger partial charge on any atom is -0.478 e. The summed E-state index contributed by atoms with van der Waals surface area (Å²) in [6.45, 7) is 19.5. The summed E-state index contributed by atoms with van der Waals surface area (Å²) in [7, 11) is 0. The van der Waals surface area contributed by atoms with Crippen LogP contribution in [0, 0.1) is 0 Å². The fourth-order valence-electron chi connectivity index (χ4n) is 4.52. The number of aliphatic carboxylic acids is 1. The molecule has 0 aromatic rings. The second-order valence-electron chi connectivity index (χ2n) is 12.8. The number of rotatable bonds is 20. The van der Waals surface area contributed by atoms with E-state index in [2.05, 4.69) is 19.7 Å². The first-order valence-electron chi connectivity index (χ1n) is 15.9. The summed E-state index contributed by atoms with van der Waals surface area (Å²) in [5, 5.41) is 51.3. The van der Waals surface area contributed by atoms with Gasteiger partial charge >= 0.3 is 17.9 Å². The number of esters is 2. The Balaban J connectivity index is 3.37. The number of ether oxygens (including phenoxy) is 4. The molecule has 0 radical (unpaired) electrons. The van der Waals surface area contributed by atoms with Crippen LogP contribution in [0.1, 0.15) is 80.1 Å². The number of carboxylic acid groups (broad SMARTS) is 1. The quantitative estimate of drug-likeness (QED) is 0.0709. The van der Waals surface area contributed by atoms with E-state index in [1.54, 1.807) is 32.9 Å². The van der Waals surface area contributed by atoms with Crippen molar-refractivity contribution in [3.05, 3.63) is 72.9 Å². The first kappa shape index (κ1) is 42.6. The summed E-state index contributed by atoms with van der Waals surface area (Å²) in [6, 6.07) is 0. The van der Waals surface area contributed by atoms with E-state index in [0.717, 1.165) is 0 Å². The molecule has 0 saturated carbocycles. The SMILES string of the molecule is C=C[C@](C)(O)CC/C=C(\C)C(=O)O[C@H]1[C@H](OC(=O)/C(C)=C/CC[C@](C)(O)C=C)[C@@H](O)[C@H](O[C@](C)(C=C)CC/C=C(\C)C(=O)O)O[C@@H]1CO. The van der Waals surface area contributed by atoms with Crippen molar-refractivity contribution in [2.75, 3.05) is 6.61 Å². The number of carbonyl (C=O) groups is 3. The Hall–Kier alpha value is -3.39. The molecular weight excluding hydrogens is 624 g/mol. The molecular formula is C36H54O12. The van der Waals surface area contributed by atoms with Crippen LogP contribution >= 0.6 is 0 Å². The first-order chi connectivity index (χ1) is 22.2. The maximum atomic E-state index is 13.2. The smallest absolute Gasteiger partial charge is 0.333 e. The Labute approximate surface area is 283 Å². The zero-order valence-corrected chi connectivity index (χ0v) is 29.0. The number of allylic oxidation sites excluding steroid dienone is 3. The van der Waals surface area contributed by atoms with Gasteiger partial charge in [0.25, 0.3) is 0 Å². The minimum atomic E-state index is -1.72. The highest BCUT2D eigenvalue weighted by molar-refractivity contribution is 5.89. The summed E-state index contributed by atoms with van der Waals surface area (Å²) in [6.07, 6.45) is 3.01. The molecule has 1 saturated heterocycles. The maximum absolute atomic E-state index is 13.2. The topological polar surface area (TPSA) is 189 Å². The zero-order valence-electron chi connectivity index (χ0n) is 29.0. The third-order valence-corrected chi connectivity index (χ3v) is 8.25. The van der Waals surface area contributed by atoms with Gasteiger partial charge in [0.2, 0.25) is 0 Å². The monoisotopic (exact) mass is 678 g/mol. The number of aliphatic hydroxyl groups excluding tert-OH is 2. The number of hydrogen-bond acceptors (Lipinski definition) is 11. The highest BCUT2D eigenvalue weighted by Crippen LogP contribution is 2.32. The van der Waals surface area contributed by atoms with E-state index in [4.69, 9.17) is 24.1 Å². The van der Waals surface area contributed by atoms with Crippen molar-refractivity contribution in [2.45, 2.75) is 128 Å². The van der Waals surface area contributed by atoms with E-state index in [0.29, 0.717) is 12.8 Å². The Kier molecular flexibility index (Phi) is 16.8. The lowest BCUT2D eigenvalue weighted by atomic mass is 9.96. The van der Waals surface area contributed by atoms with Gasteiger partial charge in [0, 0.05) is 16.7 Å². The molecule has 0 amide bonds. The highest BCUT2D eigenvalue weighted by Gasteiger charge is 2.51. The molecule has 0 bridgehead atoms. The molecule has 0 aliphatic carbocycles. The van der Waals surface area contributed by atoms with E-state index < -0.39 is 72.0 Å². The van der Waals surface area contributed by atoms with Gasteiger partial charge in [-0.25, -0.2) is 14.4 Å². The second-order valence-corrected chi connectivity index (χ2v) is 12.8. The molecule has 0 aromatic carbocycles. The fraction of sp³-hybridized carbons (Fsp3) is 0.583. The minimum absolute atomic E-state index is 0.138. The third-order valence-electron chi connectivity index (χ3n) is 8.25. The lowest BCUT2D eigenvalue weighted by Crippen LogP contribution is -2.62. The van der Waals surface area contributed by atoms with Crippen molar-refractivity contribution in [2.24, 2.45) is 0 Å². The van der Waals surface area contributed by atoms with Crippen molar-refractivity contribution in [3.63, 3.8) is 0 Å². The van der Waals surface area contributed by atoms with Crippen molar-refractivity contribution >= 4 is 17.9 Å². The molecule has 0 unspecified atom stereocenters. The van der Waals surface area contributed by atoms with Crippen LogP contribution in [0.2, 0.25) is 0 Å². The normalized spacial score (nSPS) is 25.9. The molecule has 1 aliphatic heterocycles. The Bertz CT molecular complexity index is 1240. The van der Waals surface area contributed by atoms with Gasteiger partial charge in [-0.2, -0.15) is 0 Å². The number of carbonyl (C=O) groups excluding carboxylic acids is 2. The van der Waals surface area contributed by atoms with Gasteiger partial charge in [-0.3, -0.25) is 0 Å². The predicted molar refractivity (Wildman–Crippen MR) is 179 cm³/mol. The van der Waals surface area contributed by atoms with Gasteiger partial charge in [0.1, 0.15) is 12.2 Å². The van der Waals surface area contributed by atoms with Crippen LogP contribution in [0.15, 0.2) is 72.9 Å². The molecule has 270 valence electrons. The lowest BCUT2D eigenvalue weighted by molar-refractivity contribution is -0.322. The van der Waals surface area contributed by atoms with Gasteiger partial charge in [-0.15, -0.1) is 19.7 Å². The Morgan fingerprint density at radius 3 is 1.60 bits per heavy atom. The van der Waals surface area contributed by atoms with Gasteiger partial charge in [-0.05, 0) is 80.1 Å². The van der Waals surface area contributed by atoms with E-state index in [9.17, 15) is 34.8 Å². The van der Waals surface area contributed by atoms with Gasteiger partial charge in [0.05, 0.1) is 23.4 Å². The number of carboxylic acids is 1. The van der Waals surface area contributed by atoms with Crippen LogP contribution in [-0.4, -0.2) is 97.6 Å². The van der Waals surface area contributed by atoms with Crippen LogP contribution in [-0.2, 0) is 33.3 Å². The van der Waals surface area contributed by atoms with E-state index in [1.165, 1.54) is 45.1 Å². The summed E-state index contributed by atoms with van der Waals surface area (Å²) in [5.41, 5.74) is -3.00. The zero-order chi connectivity index (χ0) is 36.9. The standard InChI is InChI=1S/C36H54O12/c1-10-34(7,43)19-13-17-24(5)31(41)46-28-26(22-37)45-33(48-36(9,12-3)21-15-16-23(4)30(39)40)27(38)29(28)47-32(42)25(6)18-14-20-35(8,44)11-2/h10-12,16-18,26-29,33,37-38,43-44H,1-3,13-15,19-22H2,4-9H3,(H,39,40)/b23-16+,24-17+,25-18+/t26-,27-,28-,29-,33+,34+,35-,36-/m1/s1. The van der Waals surface area contributed by atoms with Crippen LogP contribution in [0.25, 0.3) is 0 Å². The average Bonchev–Trinajstić information content (AvgIpc) is 3.03. The van der Waals surface area contributed by atoms with E-state index in [1.807, 2.05) is 0 Å².